The van der Waals surface area contributed by atoms with E-state index in [0.717, 1.165) is 30.3 Å². The van der Waals surface area contributed by atoms with Crippen LogP contribution in [0.2, 0.25) is 0 Å². The normalized spacial score (nSPS) is 13.8. The minimum absolute atomic E-state index is 0.0707. The van der Waals surface area contributed by atoms with Crippen LogP contribution in [0.15, 0.2) is 48.5 Å². The second-order valence-electron chi connectivity index (χ2n) is 6.56. The molecule has 2 aromatic carbocycles. The summed E-state index contributed by atoms with van der Waals surface area (Å²) >= 11 is 0. The van der Waals surface area contributed by atoms with E-state index in [2.05, 4.69) is 0 Å². The molecule has 1 aliphatic rings. The van der Waals surface area contributed by atoms with Gasteiger partial charge in [-0.15, -0.1) is 0 Å². The fourth-order valence-electron chi connectivity index (χ4n) is 3.38. The fraction of sp³-hybridized carbons (Fsp3) is 0.350. The Bertz CT molecular complexity index is 927. The van der Waals surface area contributed by atoms with Crippen LogP contribution in [-0.4, -0.2) is 40.8 Å². The number of ether oxygens (including phenoxy) is 1. The number of methoxy groups -OCH3 is 1. The lowest BCUT2D eigenvalue weighted by Gasteiger charge is -2.30. The van der Waals surface area contributed by atoms with Crippen molar-refractivity contribution >= 4 is 27.3 Å². The lowest BCUT2D eigenvalue weighted by molar-refractivity contribution is -0.118. The molecule has 7 heteroatoms. The van der Waals surface area contributed by atoms with Crippen molar-refractivity contribution in [1.82, 2.24) is 0 Å². The Kier molecular flexibility index (Phi) is 5.70. The van der Waals surface area contributed by atoms with E-state index in [1.54, 1.807) is 29.2 Å². The van der Waals surface area contributed by atoms with E-state index in [4.69, 9.17) is 4.74 Å². The van der Waals surface area contributed by atoms with Gasteiger partial charge in [0, 0.05) is 31.3 Å². The van der Waals surface area contributed by atoms with Crippen LogP contribution in [0.3, 0.4) is 0 Å². The predicted molar refractivity (Wildman–Crippen MR) is 107 cm³/mol. The van der Waals surface area contributed by atoms with Gasteiger partial charge in [-0.25, -0.2) is 8.42 Å². The number of hydrogen-bond donors (Lipinski definition) is 0. The predicted octanol–water partition coefficient (Wildman–Crippen LogP) is 2.83. The average Bonchev–Trinajstić information content (AvgIpc) is 2.66. The molecule has 0 spiro atoms. The van der Waals surface area contributed by atoms with Crippen molar-refractivity contribution in [3.63, 3.8) is 0 Å². The molecule has 1 aliphatic heterocycles. The Labute approximate surface area is 160 Å². The number of fused-ring (bicyclic) bond motifs is 1. The monoisotopic (exact) mass is 388 g/mol. The van der Waals surface area contributed by atoms with Crippen molar-refractivity contribution in [3.05, 3.63) is 54.1 Å². The summed E-state index contributed by atoms with van der Waals surface area (Å²) in [6, 6.07) is 14.7. The lowest BCUT2D eigenvalue weighted by atomic mass is 10.0. The highest BCUT2D eigenvalue weighted by Gasteiger charge is 2.24. The minimum Gasteiger partial charge on any atom is -0.497 e. The van der Waals surface area contributed by atoms with Gasteiger partial charge in [0.2, 0.25) is 15.9 Å². The van der Waals surface area contributed by atoms with Crippen LogP contribution in [0.1, 0.15) is 18.4 Å². The van der Waals surface area contributed by atoms with Crippen molar-refractivity contribution in [1.29, 1.82) is 0 Å². The zero-order valence-corrected chi connectivity index (χ0v) is 16.4. The van der Waals surface area contributed by atoms with Gasteiger partial charge in [0.1, 0.15) is 5.75 Å². The molecule has 0 N–H and O–H groups in total. The summed E-state index contributed by atoms with van der Waals surface area (Å²) in [4.78, 5) is 14.6. The van der Waals surface area contributed by atoms with E-state index in [1.807, 2.05) is 24.3 Å². The van der Waals surface area contributed by atoms with Crippen LogP contribution < -0.4 is 13.9 Å². The molecule has 6 nitrogen and oxygen atoms in total. The number of carbonyl (C=O) groups excluding carboxylic acids is 1. The summed E-state index contributed by atoms with van der Waals surface area (Å²) in [5.41, 5.74) is 2.58. The minimum atomic E-state index is -3.52. The van der Waals surface area contributed by atoms with E-state index in [-0.39, 0.29) is 18.9 Å². The van der Waals surface area contributed by atoms with Crippen molar-refractivity contribution in [2.75, 3.05) is 35.7 Å². The first-order chi connectivity index (χ1) is 12.9. The molecule has 0 atom stereocenters. The Morgan fingerprint density at radius 2 is 1.96 bits per heavy atom. The first kappa shape index (κ1) is 19.2. The first-order valence-corrected chi connectivity index (χ1v) is 10.7. The van der Waals surface area contributed by atoms with Gasteiger partial charge in [-0.1, -0.05) is 24.3 Å². The molecule has 0 aliphatic carbocycles. The highest BCUT2D eigenvalue weighted by molar-refractivity contribution is 7.92. The first-order valence-electron chi connectivity index (χ1n) is 8.90. The number of benzene rings is 2. The summed E-state index contributed by atoms with van der Waals surface area (Å²) in [5.74, 6) is 0.496. The smallest absolute Gasteiger partial charge is 0.232 e. The molecule has 1 heterocycles. The molecule has 0 fully saturated rings. The number of aryl methyl sites for hydroxylation is 1. The molecule has 0 saturated carbocycles. The largest absolute Gasteiger partial charge is 0.497 e. The molecule has 27 heavy (non-hydrogen) atoms. The summed E-state index contributed by atoms with van der Waals surface area (Å²) in [5, 5.41) is 0. The standard InChI is InChI=1S/C20H24N2O4S/c1-26-18-10-5-9-17(15-18)22(27(2,24)25)14-12-20(23)21-13-6-8-16-7-3-4-11-19(16)21/h3-5,7,9-11,15H,6,8,12-14H2,1-2H3. The second kappa shape index (κ2) is 8.00. The number of carbonyl (C=O) groups is 1. The maximum Gasteiger partial charge on any atom is 0.232 e. The second-order valence-corrected chi connectivity index (χ2v) is 8.47. The van der Waals surface area contributed by atoms with Gasteiger partial charge in [0.25, 0.3) is 0 Å². The number of sulfonamides is 1. The summed E-state index contributed by atoms with van der Waals surface area (Å²) in [6.07, 6.45) is 3.12. The molecular weight excluding hydrogens is 364 g/mol. The molecular formula is C20H24N2O4S. The van der Waals surface area contributed by atoms with Crippen molar-refractivity contribution in [2.24, 2.45) is 0 Å². The summed E-state index contributed by atoms with van der Waals surface area (Å²) in [7, 11) is -1.99. The van der Waals surface area contributed by atoms with Crippen LogP contribution in [0.4, 0.5) is 11.4 Å². The number of rotatable bonds is 6. The Morgan fingerprint density at radius 1 is 1.19 bits per heavy atom. The van der Waals surface area contributed by atoms with Crippen LogP contribution in [0.25, 0.3) is 0 Å². The van der Waals surface area contributed by atoms with Gasteiger partial charge < -0.3 is 9.64 Å². The molecule has 0 aromatic heterocycles. The zero-order valence-electron chi connectivity index (χ0n) is 15.6. The van der Waals surface area contributed by atoms with E-state index in [9.17, 15) is 13.2 Å². The number of hydrogen-bond acceptors (Lipinski definition) is 4. The molecule has 144 valence electrons. The molecule has 0 radical (unpaired) electrons. The highest BCUT2D eigenvalue weighted by atomic mass is 32.2. The number of amides is 1. The molecule has 2 aromatic rings. The molecule has 0 bridgehead atoms. The highest BCUT2D eigenvalue weighted by Crippen LogP contribution is 2.28. The van der Waals surface area contributed by atoms with Gasteiger partial charge >= 0.3 is 0 Å². The molecule has 0 unspecified atom stereocenters. The third-order valence-corrected chi connectivity index (χ3v) is 5.88. The van der Waals surface area contributed by atoms with Gasteiger partial charge in [-0.2, -0.15) is 0 Å². The molecule has 0 saturated heterocycles. The Hall–Kier alpha value is -2.54. The van der Waals surface area contributed by atoms with E-state index >= 15 is 0 Å². The number of nitrogens with zero attached hydrogens (tertiary/aromatic N) is 2. The van der Waals surface area contributed by atoms with Crippen LogP contribution in [-0.2, 0) is 21.2 Å². The third-order valence-electron chi connectivity index (χ3n) is 4.68. The van der Waals surface area contributed by atoms with Gasteiger partial charge in [-0.05, 0) is 36.6 Å². The Morgan fingerprint density at radius 3 is 2.70 bits per heavy atom. The zero-order chi connectivity index (χ0) is 19.4. The maximum atomic E-state index is 12.8. The van der Waals surface area contributed by atoms with Crippen molar-refractivity contribution in [3.8, 4) is 5.75 Å². The summed E-state index contributed by atoms with van der Waals surface area (Å²) in [6.45, 7) is 0.747. The quantitative estimate of drug-likeness (QED) is 0.763. The third kappa shape index (κ3) is 4.42. The van der Waals surface area contributed by atoms with Crippen LogP contribution in [0.5, 0.6) is 5.75 Å². The maximum absolute atomic E-state index is 12.8. The van der Waals surface area contributed by atoms with Crippen LogP contribution >= 0.6 is 0 Å². The molecule has 1 amide bonds. The fourth-order valence-corrected chi connectivity index (χ4v) is 4.30. The topological polar surface area (TPSA) is 66.9 Å². The Balaban J connectivity index is 1.77. The van der Waals surface area contributed by atoms with Crippen molar-refractivity contribution in [2.45, 2.75) is 19.3 Å². The summed E-state index contributed by atoms with van der Waals surface area (Å²) < 4.78 is 31.0. The van der Waals surface area contributed by atoms with Gasteiger partial charge in [0.05, 0.1) is 19.1 Å². The van der Waals surface area contributed by atoms with E-state index in [1.165, 1.54) is 11.4 Å². The van der Waals surface area contributed by atoms with E-state index in [0.29, 0.717) is 18.0 Å². The van der Waals surface area contributed by atoms with Gasteiger partial charge in [-0.3, -0.25) is 9.10 Å². The number of anilines is 2. The van der Waals surface area contributed by atoms with Crippen LogP contribution in [0, 0.1) is 0 Å². The number of para-hydroxylation sites is 1. The molecule has 3 rings (SSSR count). The van der Waals surface area contributed by atoms with Crippen molar-refractivity contribution < 1.29 is 17.9 Å². The van der Waals surface area contributed by atoms with E-state index < -0.39 is 10.0 Å². The lowest BCUT2D eigenvalue weighted by Crippen LogP contribution is -2.39. The SMILES string of the molecule is COc1cccc(N(CCC(=O)N2CCCc3ccccc32)S(C)(=O)=O)c1. The average molecular weight is 388 g/mol. The van der Waals surface area contributed by atoms with Gasteiger partial charge in [0.15, 0.2) is 0 Å².